The molecule has 6 nitrogen and oxygen atoms in total. The van der Waals surface area contributed by atoms with Gasteiger partial charge in [-0.05, 0) is 35.0 Å². The predicted octanol–water partition coefficient (Wildman–Crippen LogP) is 2.34. The molecule has 0 fully saturated rings. The van der Waals surface area contributed by atoms with Gasteiger partial charge in [0.05, 0.1) is 17.6 Å². The molecule has 0 saturated heterocycles. The molecule has 2 aromatic rings. The molecular formula is C13H10BrN3O3. The summed E-state index contributed by atoms with van der Waals surface area (Å²) < 4.78 is 5.84. The second-order valence-electron chi connectivity index (χ2n) is 4.39. The maximum absolute atomic E-state index is 12.6. The summed E-state index contributed by atoms with van der Waals surface area (Å²) >= 11 is 3.19. The molecule has 3 rings (SSSR count). The Morgan fingerprint density at radius 1 is 1.55 bits per heavy atom. The molecule has 1 aliphatic heterocycles. The topological polar surface area (TPSA) is 75.4 Å². The van der Waals surface area contributed by atoms with Crippen molar-refractivity contribution < 1.29 is 14.0 Å². The van der Waals surface area contributed by atoms with Gasteiger partial charge in [-0.15, -0.1) is 0 Å². The summed E-state index contributed by atoms with van der Waals surface area (Å²) in [5, 5.41) is 2.68. The molecule has 102 valence electrons. The van der Waals surface area contributed by atoms with E-state index in [4.69, 9.17) is 4.42 Å². The molecule has 7 heteroatoms. The van der Waals surface area contributed by atoms with Crippen LogP contribution >= 0.6 is 15.9 Å². The first-order valence-electron chi connectivity index (χ1n) is 5.88. The van der Waals surface area contributed by atoms with E-state index in [1.807, 2.05) is 0 Å². The lowest BCUT2D eigenvalue weighted by molar-refractivity contribution is -0.115. The lowest BCUT2D eigenvalue weighted by Crippen LogP contribution is -2.42. The Bertz CT molecular complexity index is 711. The van der Waals surface area contributed by atoms with Gasteiger partial charge in [-0.2, -0.15) is 0 Å². The van der Waals surface area contributed by atoms with E-state index < -0.39 is 0 Å². The number of rotatable bonds is 1. The number of halogens is 1. The fourth-order valence-electron chi connectivity index (χ4n) is 2.10. The number of nitrogens with one attached hydrogen (secondary N) is 1. The van der Waals surface area contributed by atoms with Crippen LogP contribution in [0.2, 0.25) is 0 Å². The first-order chi connectivity index (χ1) is 9.56. The Labute approximate surface area is 122 Å². The molecule has 0 atom stereocenters. The Morgan fingerprint density at radius 2 is 2.35 bits per heavy atom. The van der Waals surface area contributed by atoms with Gasteiger partial charge in [0, 0.05) is 11.8 Å². The smallest absolute Gasteiger partial charge is 0.294 e. The Hall–Kier alpha value is -2.15. The van der Waals surface area contributed by atoms with Crippen LogP contribution in [0, 0.1) is 6.92 Å². The Kier molecular flexibility index (Phi) is 3.06. The quantitative estimate of drug-likeness (QED) is 0.867. The summed E-state index contributed by atoms with van der Waals surface area (Å²) in [6, 6.07) is 3.39. The number of fused-ring (bicyclic) bond motifs is 1. The molecule has 1 N–H and O–H groups in total. The summed E-state index contributed by atoms with van der Waals surface area (Å²) in [5.74, 6) is -0.396. The zero-order valence-corrected chi connectivity index (χ0v) is 12.1. The highest BCUT2D eigenvalue weighted by molar-refractivity contribution is 9.10. The molecule has 0 aromatic carbocycles. The lowest BCUT2D eigenvalue weighted by Gasteiger charge is -2.28. The van der Waals surface area contributed by atoms with Crippen molar-refractivity contribution in [1.29, 1.82) is 0 Å². The van der Waals surface area contributed by atoms with Crippen LogP contribution in [-0.4, -0.2) is 23.3 Å². The van der Waals surface area contributed by atoms with Crippen molar-refractivity contribution in [3.8, 4) is 0 Å². The van der Waals surface area contributed by atoms with Crippen molar-refractivity contribution in [3.05, 3.63) is 40.5 Å². The highest BCUT2D eigenvalue weighted by atomic mass is 79.9. The van der Waals surface area contributed by atoms with Crippen LogP contribution in [0.3, 0.4) is 0 Å². The second-order valence-corrected chi connectivity index (χ2v) is 5.18. The molecule has 0 radical (unpaired) electrons. The SMILES string of the molecule is Cc1cc(Br)oc1C(=O)N1CC(=O)Nc2cnccc21. The van der Waals surface area contributed by atoms with Gasteiger partial charge in [0.2, 0.25) is 5.91 Å². The van der Waals surface area contributed by atoms with Crippen molar-refractivity contribution in [2.45, 2.75) is 6.92 Å². The maximum atomic E-state index is 12.6. The van der Waals surface area contributed by atoms with Crippen molar-refractivity contribution in [2.24, 2.45) is 0 Å². The summed E-state index contributed by atoms with van der Waals surface area (Å²) in [5.41, 5.74) is 1.83. The van der Waals surface area contributed by atoms with Crippen LogP contribution in [0.4, 0.5) is 11.4 Å². The minimum Gasteiger partial charge on any atom is -0.444 e. The van der Waals surface area contributed by atoms with E-state index in [1.165, 1.54) is 11.1 Å². The zero-order chi connectivity index (χ0) is 14.3. The average Bonchev–Trinajstić information content (AvgIpc) is 2.76. The highest BCUT2D eigenvalue weighted by Crippen LogP contribution is 2.30. The summed E-state index contributed by atoms with van der Waals surface area (Å²) in [7, 11) is 0. The third-order valence-electron chi connectivity index (χ3n) is 2.99. The minimum atomic E-state index is -0.351. The summed E-state index contributed by atoms with van der Waals surface area (Å²) in [6.07, 6.45) is 3.08. The molecule has 0 saturated carbocycles. The van der Waals surface area contributed by atoms with E-state index in [0.29, 0.717) is 21.6 Å². The van der Waals surface area contributed by atoms with Crippen molar-refractivity contribution in [1.82, 2.24) is 4.98 Å². The molecule has 20 heavy (non-hydrogen) atoms. The number of pyridine rings is 1. The van der Waals surface area contributed by atoms with E-state index in [-0.39, 0.29) is 24.1 Å². The van der Waals surface area contributed by atoms with Crippen LogP contribution in [0.25, 0.3) is 0 Å². The molecule has 0 bridgehead atoms. The van der Waals surface area contributed by atoms with Gasteiger partial charge in [0.1, 0.15) is 6.54 Å². The molecule has 0 unspecified atom stereocenters. The zero-order valence-electron chi connectivity index (χ0n) is 10.5. The number of hydrogen-bond acceptors (Lipinski definition) is 4. The van der Waals surface area contributed by atoms with Crippen LogP contribution < -0.4 is 10.2 Å². The molecule has 3 heterocycles. The van der Waals surface area contributed by atoms with E-state index in [2.05, 4.69) is 26.2 Å². The molecule has 0 aliphatic carbocycles. The van der Waals surface area contributed by atoms with Crippen LogP contribution in [0.5, 0.6) is 0 Å². The fraction of sp³-hybridized carbons (Fsp3) is 0.154. The van der Waals surface area contributed by atoms with Crippen molar-refractivity contribution in [3.63, 3.8) is 0 Å². The third kappa shape index (κ3) is 2.09. The van der Waals surface area contributed by atoms with Crippen molar-refractivity contribution >= 4 is 39.1 Å². The maximum Gasteiger partial charge on any atom is 0.294 e. The Balaban J connectivity index is 2.04. The monoisotopic (exact) mass is 335 g/mol. The van der Waals surface area contributed by atoms with Gasteiger partial charge in [-0.25, -0.2) is 0 Å². The van der Waals surface area contributed by atoms with Crippen LogP contribution in [0.15, 0.2) is 33.6 Å². The van der Waals surface area contributed by atoms with E-state index in [0.717, 1.165) is 0 Å². The first kappa shape index (κ1) is 12.9. The molecule has 1 aliphatic rings. The average molecular weight is 336 g/mol. The van der Waals surface area contributed by atoms with Gasteiger partial charge < -0.3 is 9.73 Å². The van der Waals surface area contributed by atoms with Crippen LogP contribution in [0.1, 0.15) is 16.1 Å². The van der Waals surface area contributed by atoms with Gasteiger partial charge in [-0.1, -0.05) is 0 Å². The predicted molar refractivity (Wildman–Crippen MR) is 75.7 cm³/mol. The van der Waals surface area contributed by atoms with E-state index >= 15 is 0 Å². The summed E-state index contributed by atoms with van der Waals surface area (Å²) in [6.45, 7) is 1.73. The summed E-state index contributed by atoms with van der Waals surface area (Å²) in [4.78, 5) is 29.6. The van der Waals surface area contributed by atoms with Crippen molar-refractivity contribution in [2.75, 3.05) is 16.8 Å². The number of hydrogen-bond donors (Lipinski definition) is 1. The highest BCUT2D eigenvalue weighted by Gasteiger charge is 2.30. The van der Waals surface area contributed by atoms with Gasteiger partial charge >= 0.3 is 0 Å². The minimum absolute atomic E-state index is 0.0480. The second kappa shape index (κ2) is 4.75. The number of carbonyl (C=O) groups is 2. The standard InChI is InChI=1S/C13H10BrN3O3/c1-7-4-10(14)20-12(7)13(19)17-6-11(18)16-8-5-15-3-2-9(8)17/h2-5H,6H2,1H3,(H,16,18). The number of nitrogens with zero attached hydrogens (tertiary/aromatic N) is 2. The molecule has 0 spiro atoms. The number of carbonyl (C=O) groups excluding carboxylic acids is 2. The van der Waals surface area contributed by atoms with E-state index in [1.54, 1.807) is 25.3 Å². The van der Waals surface area contributed by atoms with Gasteiger partial charge in [-0.3, -0.25) is 19.5 Å². The third-order valence-corrected chi connectivity index (χ3v) is 3.38. The van der Waals surface area contributed by atoms with Gasteiger partial charge in [0.15, 0.2) is 10.4 Å². The molecular weight excluding hydrogens is 326 g/mol. The number of aromatic nitrogens is 1. The lowest BCUT2D eigenvalue weighted by atomic mass is 10.2. The molecule has 2 amide bonds. The first-order valence-corrected chi connectivity index (χ1v) is 6.67. The molecule has 2 aromatic heterocycles. The fourth-order valence-corrected chi connectivity index (χ4v) is 2.60. The number of amides is 2. The number of anilines is 2. The number of furan rings is 1. The van der Waals surface area contributed by atoms with Gasteiger partial charge in [0.25, 0.3) is 5.91 Å². The Morgan fingerprint density at radius 3 is 3.05 bits per heavy atom. The largest absolute Gasteiger partial charge is 0.444 e. The normalized spacial score (nSPS) is 13.9. The van der Waals surface area contributed by atoms with E-state index in [9.17, 15) is 9.59 Å². The van der Waals surface area contributed by atoms with Crippen LogP contribution in [-0.2, 0) is 4.79 Å². The number of aryl methyl sites for hydroxylation is 1.